The van der Waals surface area contributed by atoms with E-state index in [2.05, 4.69) is 15.7 Å². The highest BCUT2D eigenvalue weighted by atomic mass is 32.2. The van der Waals surface area contributed by atoms with Gasteiger partial charge in [-0.2, -0.15) is 5.10 Å². The zero-order valence-electron chi connectivity index (χ0n) is 15.2. The molecule has 1 unspecified atom stereocenters. The lowest BCUT2D eigenvalue weighted by Crippen LogP contribution is -2.42. The quantitative estimate of drug-likeness (QED) is 0.769. The molecule has 144 valence electrons. The van der Waals surface area contributed by atoms with Crippen molar-refractivity contribution in [2.24, 2.45) is 7.05 Å². The van der Waals surface area contributed by atoms with Crippen molar-refractivity contribution in [3.63, 3.8) is 0 Å². The number of carbonyl (C=O) groups is 2. The van der Waals surface area contributed by atoms with Crippen LogP contribution in [0.3, 0.4) is 0 Å². The van der Waals surface area contributed by atoms with E-state index in [0.717, 1.165) is 16.8 Å². The van der Waals surface area contributed by atoms with Crippen molar-refractivity contribution in [1.29, 1.82) is 0 Å². The lowest BCUT2D eigenvalue weighted by molar-refractivity contribution is -0.120. The van der Waals surface area contributed by atoms with Gasteiger partial charge in [0.25, 0.3) is 5.91 Å². The molecule has 2 aromatic rings. The van der Waals surface area contributed by atoms with Crippen LogP contribution in [-0.4, -0.2) is 54.1 Å². The molecule has 1 aliphatic heterocycles. The fraction of sp³-hybridized carbons (Fsp3) is 0.389. The van der Waals surface area contributed by atoms with Crippen molar-refractivity contribution >= 4 is 21.7 Å². The summed E-state index contributed by atoms with van der Waals surface area (Å²) in [5, 5.41) is 9.35. The van der Waals surface area contributed by atoms with Crippen LogP contribution in [0.15, 0.2) is 30.3 Å². The smallest absolute Gasteiger partial charge is 0.272 e. The number of aromatic nitrogens is 2. The molecule has 2 amide bonds. The number of nitrogens with one attached hydrogen (secondary N) is 2. The molecule has 1 aromatic carbocycles. The van der Waals surface area contributed by atoms with Gasteiger partial charge >= 0.3 is 0 Å². The molecule has 0 radical (unpaired) electrons. The van der Waals surface area contributed by atoms with Crippen molar-refractivity contribution in [3.8, 4) is 11.3 Å². The first-order valence-electron chi connectivity index (χ1n) is 8.62. The highest BCUT2D eigenvalue weighted by Gasteiger charge is 2.28. The van der Waals surface area contributed by atoms with E-state index >= 15 is 0 Å². The number of benzene rings is 1. The van der Waals surface area contributed by atoms with E-state index in [9.17, 15) is 18.0 Å². The SMILES string of the molecule is Cc1ccc(-c2cc(C(=O)NCC(=O)NC3CCS(=O)(=O)C3)nn2C)cc1. The average molecular weight is 390 g/mol. The van der Waals surface area contributed by atoms with Gasteiger partial charge in [-0.05, 0) is 25.0 Å². The molecule has 1 aromatic heterocycles. The summed E-state index contributed by atoms with van der Waals surface area (Å²) >= 11 is 0. The Bertz CT molecular complexity index is 964. The molecular weight excluding hydrogens is 368 g/mol. The highest BCUT2D eigenvalue weighted by Crippen LogP contribution is 2.20. The molecule has 0 aliphatic carbocycles. The number of hydrogen-bond acceptors (Lipinski definition) is 5. The number of sulfone groups is 1. The molecule has 8 nitrogen and oxygen atoms in total. The summed E-state index contributed by atoms with van der Waals surface area (Å²) in [6, 6.07) is 9.16. The normalized spacial score (nSPS) is 18.2. The maximum Gasteiger partial charge on any atom is 0.272 e. The van der Waals surface area contributed by atoms with Crippen molar-refractivity contribution in [2.45, 2.75) is 19.4 Å². The van der Waals surface area contributed by atoms with E-state index < -0.39 is 21.7 Å². The zero-order valence-corrected chi connectivity index (χ0v) is 16.0. The van der Waals surface area contributed by atoms with E-state index in [-0.39, 0.29) is 29.8 Å². The Morgan fingerprint density at radius 1 is 1.26 bits per heavy atom. The fourth-order valence-corrected chi connectivity index (χ4v) is 4.68. The standard InChI is InChI=1S/C18H22N4O4S/c1-12-3-5-13(6-4-12)16-9-15(21-22(16)2)18(24)19-10-17(23)20-14-7-8-27(25,26)11-14/h3-6,9,14H,7-8,10-11H2,1-2H3,(H,19,24)(H,20,23). The summed E-state index contributed by atoms with van der Waals surface area (Å²) in [6.45, 7) is 1.77. The van der Waals surface area contributed by atoms with Crippen LogP contribution in [0.2, 0.25) is 0 Å². The van der Waals surface area contributed by atoms with Gasteiger partial charge in [0.1, 0.15) is 0 Å². The second-order valence-electron chi connectivity index (χ2n) is 6.75. The van der Waals surface area contributed by atoms with Gasteiger partial charge in [-0.1, -0.05) is 29.8 Å². The summed E-state index contributed by atoms with van der Waals surface area (Å²) in [5.41, 5.74) is 3.08. The predicted octanol–water partition coefficient (Wildman–Crippen LogP) is 0.429. The van der Waals surface area contributed by atoms with Gasteiger partial charge < -0.3 is 10.6 Å². The average Bonchev–Trinajstić information content (AvgIpc) is 3.15. The van der Waals surface area contributed by atoms with Crippen LogP contribution in [0.4, 0.5) is 0 Å². The lowest BCUT2D eigenvalue weighted by atomic mass is 10.1. The van der Waals surface area contributed by atoms with Crippen molar-refractivity contribution in [3.05, 3.63) is 41.6 Å². The van der Waals surface area contributed by atoms with E-state index in [4.69, 9.17) is 0 Å². The largest absolute Gasteiger partial charge is 0.351 e. The molecule has 0 spiro atoms. The van der Waals surface area contributed by atoms with Gasteiger partial charge in [-0.3, -0.25) is 14.3 Å². The summed E-state index contributed by atoms with van der Waals surface area (Å²) in [7, 11) is -1.31. The molecule has 3 rings (SSSR count). The number of amides is 2. The molecule has 1 atom stereocenters. The second kappa shape index (κ2) is 7.51. The number of hydrogen-bond donors (Lipinski definition) is 2. The van der Waals surface area contributed by atoms with Crippen molar-refractivity contribution in [2.75, 3.05) is 18.1 Å². The first kappa shape index (κ1) is 19.1. The lowest BCUT2D eigenvalue weighted by Gasteiger charge is -2.10. The van der Waals surface area contributed by atoms with E-state index in [1.165, 1.54) is 0 Å². The molecule has 27 heavy (non-hydrogen) atoms. The van der Waals surface area contributed by atoms with Crippen LogP contribution in [0.1, 0.15) is 22.5 Å². The third-order valence-electron chi connectivity index (χ3n) is 4.47. The zero-order chi connectivity index (χ0) is 19.6. The number of carbonyl (C=O) groups excluding carboxylic acids is 2. The van der Waals surface area contributed by atoms with Gasteiger partial charge in [-0.15, -0.1) is 0 Å². The first-order valence-corrected chi connectivity index (χ1v) is 10.4. The Labute approximate surface area is 157 Å². The Morgan fingerprint density at radius 3 is 2.59 bits per heavy atom. The van der Waals surface area contributed by atoms with Crippen LogP contribution in [-0.2, 0) is 21.7 Å². The Hall–Kier alpha value is -2.68. The summed E-state index contributed by atoms with van der Waals surface area (Å²) in [6.07, 6.45) is 0.405. The third kappa shape index (κ3) is 4.73. The fourth-order valence-electron chi connectivity index (χ4n) is 3.01. The van der Waals surface area contributed by atoms with Crippen LogP contribution in [0.5, 0.6) is 0 Å². The first-order chi connectivity index (χ1) is 12.7. The topological polar surface area (TPSA) is 110 Å². The minimum Gasteiger partial charge on any atom is -0.351 e. The summed E-state index contributed by atoms with van der Waals surface area (Å²) < 4.78 is 24.4. The molecule has 9 heteroatoms. The van der Waals surface area contributed by atoms with Crippen LogP contribution in [0, 0.1) is 6.92 Å². The summed E-state index contributed by atoms with van der Waals surface area (Å²) in [4.78, 5) is 24.2. The van der Waals surface area contributed by atoms with Gasteiger partial charge in [0.15, 0.2) is 15.5 Å². The number of nitrogens with zero attached hydrogens (tertiary/aromatic N) is 2. The summed E-state index contributed by atoms with van der Waals surface area (Å²) in [5.74, 6) is -0.842. The predicted molar refractivity (Wildman–Crippen MR) is 101 cm³/mol. The molecule has 1 saturated heterocycles. The minimum atomic E-state index is -3.06. The number of rotatable bonds is 5. The molecule has 0 saturated carbocycles. The molecule has 1 fully saturated rings. The van der Waals surface area contributed by atoms with E-state index in [1.807, 2.05) is 31.2 Å². The van der Waals surface area contributed by atoms with Gasteiger partial charge in [0.2, 0.25) is 5.91 Å². The molecule has 2 N–H and O–H groups in total. The Kier molecular flexibility index (Phi) is 5.31. The third-order valence-corrected chi connectivity index (χ3v) is 6.23. The molecular formula is C18H22N4O4S. The second-order valence-corrected chi connectivity index (χ2v) is 8.98. The molecule has 1 aliphatic rings. The minimum absolute atomic E-state index is 0.0488. The monoisotopic (exact) mass is 390 g/mol. The van der Waals surface area contributed by atoms with Gasteiger partial charge in [-0.25, -0.2) is 8.42 Å². The van der Waals surface area contributed by atoms with Crippen LogP contribution < -0.4 is 10.6 Å². The molecule has 0 bridgehead atoms. The maximum atomic E-state index is 12.3. The van der Waals surface area contributed by atoms with Crippen molar-refractivity contribution < 1.29 is 18.0 Å². The van der Waals surface area contributed by atoms with Gasteiger partial charge in [0, 0.05) is 13.1 Å². The van der Waals surface area contributed by atoms with E-state index in [1.54, 1.807) is 17.8 Å². The Balaban J connectivity index is 1.58. The van der Waals surface area contributed by atoms with Gasteiger partial charge in [0.05, 0.1) is 23.7 Å². The maximum absolute atomic E-state index is 12.3. The van der Waals surface area contributed by atoms with Crippen LogP contribution in [0.25, 0.3) is 11.3 Å². The van der Waals surface area contributed by atoms with E-state index in [0.29, 0.717) is 6.42 Å². The van der Waals surface area contributed by atoms with Crippen LogP contribution >= 0.6 is 0 Å². The molecule has 2 heterocycles. The highest BCUT2D eigenvalue weighted by molar-refractivity contribution is 7.91. The van der Waals surface area contributed by atoms with Crippen molar-refractivity contribution in [1.82, 2.24) is 20.4 Å². The number of aryl methyl sites for hydroxylation is 2. The Morgan fingerprint density at radius 2 is 1.96 bits per heavy atom.